The van der Waals surface area contributed by atoms with Crippen LogP contribution in [0, 0.1) is 23.7 Å². The first-order chi connectivity index (χ1) is 42.2. The third kappa shape index (κ3) is 60.3. The Kier molecular flexibility index (Phi) is 57.6. The summed E-state index contributed by atoms with van der Waals surface area (Å²) < 4.78 is 68.2. The standard InChI is InChI=1S/C69H134O17P2/c1-9-61(7)47-39-31-22-19-20-24-35-43-51-68(73)85-64(56-80-67(72)50-42-34-27-25-30-38-46-60(5)6)57-83-87(75,76)81-53-63(70)54-82-88(77,78)84-58-65(86-69(74)52-44-36-28-26-32-40-48-62(8)10-2)55-79-66(71)49-41-33-23-18-16-14-12-11-13-15-17-21-29-37-45-59(3)4/h59-65,70H,9-58H2,1-8H3,(H,75,76)(H,77,78)/t61?,62?,63-,64+,65+/m0/s1. The summed E-state index contributed by atoms with van der Waals surface area (Å²) in [6, 6.07) is 0. The van der Waals surface area contributed by atoms with Crippen molar-refractivity contribution in [2.24, 2.45) is 23.7 Å². The van der Waals surface area contributed by atoms with Crippen LogP contribution in [0.15, 0.2) is 0 Å². The molecule has 0 aromatic carbocycles. The van der Waals surface area contributed by atoms with Crippen molar-refractivity contribution in [3.8, 4) is 0 Å². The second-order valence-electron chi connectivity index (χ2n) is 26.4. The molecular weight excluding hydrogens is 1160 g/mol. The van der Waals surface area contributed by atoms with Gasteiger partial charge in [-0.05, 0) is 49.4 Å². The predicted molar refractivity (Wildman–Crippen MR) is 354 cm³/mol. The Labute approximate surface area is 537 Å². The Balaban J connectivity index is 5.21. The van der Waals surface area contributed by atoms with Crippen molar-refractivity contribution in [1.29, 1.82) is 0 Å². The zero-order valence-electron chi connectivity index (χ0n) is 57.3. The largest absolute Gasteiger partial charge is 0.472 e. The number of esters is 4. The molecule has 0 aliphatic carbocycles. The van der Waals surface area contributed by atoms with Gasteiger partial charge in [0.2, 0.25) is 0 Å². The maximum absolute atomic E-state index is 13.0. The molecule has 0 radical (unpaired) electrons. The van der Waals surface area contributed by atoms with Gasteiger partial charge in [0.1, 0.15) is 19.3 Å². The fourth-order valence-corrected chi connectivity index (χ4v) is 11.8. The topological polar surface area (TPSA) is 237 Å². The maximum atomic E-state index is 13.0. The van der Waals surface area contributed by atoms with Crippen molar-refractivity contribution in [1.82, 2.24) is 0 Å². The van der Waals surface area contributed by atoms with E-state index in [9.17, 15) is 43.2 Å². The van der Waals surface area contributed by atoms with Gasteiger partial charge >= 0.3 is 39.5 Å². The number of hydrogen-bond donors (Lipinski definition) is 3. The molecule has 88 heavy (non-hydrogen) atoms. The van der Waals surface area contributed by atoms with Gasteiger partial charge < -0.3 is 33.8 Å². The van der Waals surface area contributed by atoms with E-state index in [1.165, 1.54) is 135 Å². The lowest BCUT2D eigenvalue weighted by Crippen LogP contribution is -2.30. The first-order valence-corrected chi connectivity index (χ1v) is 38.8. The third-order valence-corrected chi connectivity index (χ3v) is 18.4. The number of phosphoric acid groups is 2. The molecular formula is C69H134O17P2. The molecule has 522 valence electrons. The van der Waals surface area contributed by atoms with Gasteiger partial charge in [-0.1, -0.05) is 287 Å². The summed E-state index contributed by atoms with van der Waals surface area (Å²) in [4.78, 5) is 72.4. The monoisotopic (exact) mass is 1300 g/mol. The van der Waals surface area contributed by atoms with Gasteiger partial charge in [0, 0.05) is 25.7 Å². The highest BCUT2D eigenvalue weighted by atomic mass is 31.2. The van der Waals surface area contributed by atoms with Crippen LogP contribution in [0.5, 0.6) is 0 Å². The molecule has 0 aromatic rings. The zero-order chi connectivity index (χ0) is 65.4. The van der Waals surface area contributed by atoms with Crippen molar-refractivity contribution < 1.29 is 80.2 Å². The molecule has 0 rings (SSSR count). The molecule has 7 atom stereocenters. The highest BCUT2D eigenvalue weighted by molar-refractivity contribution is 7.47. The molecule has 0 fully saturated rings. The fraction of sp³-hybridized carbons (Fsp3) is 0.942. The van der Waals surface area contributed by atoms with Crippen molar-refractivity contribution in [3.05, 3.63) is 0 Å². The molecule has 0 aromatic heterocycles. The fourth-order valence-electron chi connectivity index (χ4n) is 10.2. The summed E-state index contributed by atoms with van der Waals surface area (Å²) in [6.45, 7) is 14.0. The number of carbonyl (C=O) groups is 4. The van der Waals surface area contributed by atoms with Crippen molar-refractivity contribution >= 4 is 39.5 Å². The smallest absolute Gasteiger partial charge is 0.462 e. The Morgan fingerprint density at radius 2 is 0.545 bits per heavy atom. The van der Waals surface area contributed by atoms with Gasteiger partial charge in [0.15, 0.2) is 12.2 Å². The van der Waals surface area contributed by atoms with Gasteiger partial charge in [-0.25, -0.2) is 9.13 Å². The number of unbranched alkanes of at least 4 members (excludes halogenated alkanes) is 30. The average molecular weight is 1300 g/mol. The normalized spacial score (nSPS) is 14.9. The van der Waals surface area contributed by atoms with E-state index < -0.39 is 97.5 Å². The lowest BCUT2D eigenvalue weighted by Gasteiger charge is -2.21. The number of ether oxygens (including phenoxy) is 4. The van der Waals surface area contributed by atoms with Crippen LogP contribution in [0.1, 0.15) is 338 Å². The summed E-state index contributed by atoms with van der Waals surface area (Å²) in [5.41, 5.74) is 0. The number of hydrogen-bond acceptors (Lipinski definition) is 15. The van der Waals surface area contributed by atoms with Crippen LogP contribution < -0.4 is 0 Å². The first kappa shape index (κ1) is 86.1. The highest BCUT2D eigenvalue weighted by Gasteiger charge is 2.30. The van der Waals surface area contributed by atoms with Crippen LogP contribution in [-0.2, 0) is 65.4 Å². The highest BCUT2D eigenvalue weighted by Crippen LogP contribution is 2.45. The maximum Gasteiger partial charge on any atom is 0.472 e. The molecule has 0 amide bonds. The molecule has 19 heteroatoms. The van der Waals surface area contributed by atoms with E-state index >= 15 is 0 Å². The summed E-state index contributed by atoms with van der Waals surface area (Å²) >= 11 is 0. The van der Waals surface area contributed by atoms with Crippen LogP contribution >= 0.6 is 15.6 Å². The van der Waals surface area contributed by atoms with E-state index in [2.05, 4.69) is 55.4 Å². The zero-order valence-corrected chi connectivity index (χ0v) is 59.1. The Morgan fingerprint density at radius 1 is 0.318 bits per heavy atom. The molecule has 0 aliphatic heterocycles. The molecule has 0 heterocycles. The summed E-state index contributed by atoms with van der Waals surface area (Å²) in [6.07, 6.45) is 40.5. The second-order valence-corrected chi connectivity index (χ2v) is 29.3. The quantitative estimate of drug-likeness (QED) is 0.0222. The van der Waals surface area contributed by atoms with Crippen LogP contribution in [0.3, 0.4) is 0 Å². The Bertz CT molecular complexity index is 1750. The minimum atomic E-state index is -4.95. The molecule has 3 N–H and O–H groups in total. The molecule has 4 unspecified atom stereocenters. The minimum Gasteiger partial charge on any atom is -0.462 e. The average Bonchev–Trinajstić information content (AvgIpc) is 3.41. The van der Waals surface area contributed by atoms with Crippen molar-refractivity contribution in [3.63, 3.8) is 0 Å². The van der Waals surface area contributed by atoms with E-state index in [-0.39, 0.29) is 25.7 Å². The van der Waals surface area contributed by atoms with E-state index in [0.717, 1.165) is 114 Å². The van der Waals surface area contributed by atoms with E-state index in [4.69, 9.17) is 37.0 Å². The molecule has 0 aliphatic rings. The summed E-state index contributed by atoms with van der Waals surface area (Å²) in [5.74, 6) is 0.832. The molecule has 0 saturated carbocycles. The van der Waals surface area contributed by atoms with E-state index in [1.54, 1.807) is 0 Å². The van der Waals surface area contributed by atoms with Crippen molar-refractivity contribution in [2.75, 3.05) is 39.6 Å². The number of aliphatic hydroxyl groups excluding tert-OH is 1. The number of carbonyl (C=O) groups excluding carboxylic acids is 4. The SMILES string of the molecule is CCC(C)CCCCCCCCCCC(=O)O[C@H](COC(=O)CCCCCCCCC(C)C)COP(=O)(O)OC[C@H](O)COP(=O)(O)OC[C@@H](COC(=O)CCCCCCCCCCCCCCCCC(C)C)OC(=O)CCCCCCCCC(C)CC. The van der Waals surface area contributed by atoms with Crippen LogP contribution in [0.4, 0.5) is 0 Å². The Morgan fingerprint density at radius 3 is 0.807 bits per heavy atom. The first-order valence-electron chi connectivity index (χ1n) is 35.8. The lowest BCUT2D eigenvalue weighted by atomic mass is 9.99. The molecule has 0 saturated heterocycles. The van der Waals surface area contributed by atoms with E-state index in [1.807, 2.05) is 0 Å². The van der Waals surface area contributed by atoms with Gasteiger partial charge in [0.05, 0.1) is 26.4 Å². The summed E-state index contributed by atoms with van der Waals surface area (Å²) in [5, 5.41) is 10.6. The van der Waals surface area contributed by atoms with Gasteiger partial charge in [-0.3, -0.25) is 37.3 Å². The minimum absolute atomic E-state index is 0.102. The van der Waals surface area contributed by atoms with Gasteiger partial charge in [-0.2, -0.15) is 0 Å². The Hall–Kier alpha value is -1.94. The molecule has 17 nitrogen and oxygen atoms in total. The predicted octanol–water partition coefficient (Wildman–Crippen LogP) is 19.3. The van der Waals surface area contributed by atoms with Gasteiger partial charge in [-0.15, -0.1) is 0 Å². The number of phosphoric ester groups is 2. The van der Waals surface area contributed by atoms with E-state index in [0.29, 0.717) is 31.6 Å². The summed E-state index contributed by atoms with van der Waals surface area (Å²) in [7, 11) is -9.90. The third-order valence-electron chi connectivity index (χ3n) is 16.5. The van der Waals surface area contributed by atoms with Crippen LogP contribution in [0.2, 0.25) is 0 Å². The van der Waals surface area contributed by atoms with Crippen LogP contribution in [0.25, 0.3) is 0 Å². The lowest BCUT2D eigenvalue weighted by molar-refractivity contribution is -0.161. The number of rotatable bonds is 66. The number of aliphatic hydroxyl groups is 1. The van der Waals surface area contributed by atoms with Gasteiger partial charge in [0.25, 0.3) is 0 Å². The molecule has 0 spiro atoms. The van der Waals surface area contributed by atoms with Crippen molar-refractivity contribution in [2.45, 2.75) is 356 Å². The second kappa shape index (κ2) is 58.8. The molecule has 0 bridgehead atoms. The van der Waals surface area contributed by atoms with Crippen LogP contribution in [-0.4, -0.2) is 96.7 Å².